The van der Waals surface area contributed by atoms with Crippen molar-refractivity contribution in [1.82, 2.24) is 4.57 Å². The minimum absolute atomic E-state index is 0.159. The zero-order chi connectivity index (χ0) is 17.9. The van der Waals surface area contributed by atoms with Crippen molar-refractivity contribution < 1.29 is 9.13 Å². The molecule has 5 heteroatoms. The lowest BCUT2D eigenvalue weighted by atomic mass is 10.1. The van der Waals surface area contributed by atoms with Crippen LogP contribution in [0.3, 0.4) is 0 Å². The molecule has 1 fully saturated rings. The number of nitrogens with zero attached hydrogens (tertiary/aromatic N) is 2. The molecule has 0 bridgehead atoms. The van der Waals surface area contributed by atoms with Gasteiger partial charge in [-0.1, -0.05) is 24.3 Å². The van der Waals surface area contributed by atoms with Gasteiger partial charge >= 0.3 is 0 Å². The van der Waals surface area contributed by atoms with Gasteiger partial charge in [-0.25, -0.2) is 9.38 Å². The number of rotatable bonds is 4. The second kappa shape index (κ2) is 7.56. The van der Waals surface area contributed by atoms with E-state index in [1.807, 2.05) is 29.6 Å². The molecule has 1 saturated heterocycles. The molecule has 1 aliphatic rings. The fraction of sp³-hybridized carbons (Fsp3) is 0.286. The summed E-state index contributed by atoms with van der Waals surface area (Å²) in [6, 6.07) is 15.0. The van der Waals surface area contributed by atoms with Crippen LogP contribution < -0.4 is 4.80 Å². The number of thiazole rings is 1. The van der Waals surface area contributed by atoms with E-state index in [-0.39, 0.29) is 11.9 Å². The van der Waals surface area contributed by atoms with E-state index in [0.29, 0.717) is 12.1 Å². The van der Waals surface area contributed by atoms with E-state index < -0.39 is 0 Å². The lowest BCUT2D eigenvalue weighted by molar-refractivity contribution is 0.0967. The van der Waals surface area contributed by atoms with Crippen LogP contribution in [-0.2, 0) is 11.3 Å². The fourth-order valence-electron chi connectivity index (χ4n) is 3.28. The van der Waals surface area contributed by atoms with Gasteiger partial charge in [0.05, 0.1) is 24.0 Å². The predicted octanol–water partition coefficient (Wildman–Crippen LogP) is 5.08. The molecule has 1 unspecified atom stereocenters. The van der Waals surface area contributed by atoms with E-state index in [0.717, 1.165) is 35.6 Å². The number of aromatic nitrogens is 1. The first-order valence-electron chi connectivity index (χ1n) is 8.87. The molecule has 0 N–H and O–H groups in total. The van der Waals surface area contributed by atoms with Crippen LogP contribution in [0.5, 0.6) is 0 Å². The van der Waals surface area contributed by atoms with Crippen LogP contribution in [0.25, 0.3) is 11.3 Å². The number of halogens is 1. The Morgan fingerprint density at radius 2 is 2.12 bits per heavy atom. The van der Waals surface area contributed by atoms with E-state index in [1.165, 1.54) is 23.0 Å². The summed E-state index contributed by atoms with van der Waals surface area (Å²) in [5.74, 6) is -0.214. The second-order valence-electron chi connectivity index (χ2n) is 6.58. The largest absolute Gasteiger partial charge is 0.376 e. The van der Waals surface area contributed by atoms with E-state index in [2.05, 4.69) is 23.6 Å². The second-order valence-corrected chi connectivity index (χ2v) is 7.42. The smallest absolute Gasteiger partial charge is 0.190 e. The Bertz CT molecular complexity index is 970. The Labute approximate surface area is 156 Å². The molecule has 1 aromatic heterocycles. The van der Waals surface area contributed by atoms with Crippen LogP contribution in [0.1, 0.15) is 18.4 Å². The molecule has 0 aliphatic carbocycles. The predicted molar refractivity (Wildman–Crippen MR) is 103 cm³/mol. The molecule has 3 aromatic rings. The molecule has 4 rings (SSSR count). The van der Waals surface area contributed by atoms with Gasteiger partial charge in [0.2, 0.25) is 0 Å². The molecule has 0 spiro atoms. The minimum Gasteiger partial charge on any atom is -0.376 e. The summed E-state index contributed by atoms with van der Waals surface area (Å²) in [5, 5.41) is 1.99. The molecule has 0 saturated carbocycles. The summed E-state index contributed by atoms with van der Waals surface area (Å²) in [4.78, 5) is 5.69. The molecular formula is C21H21FN2OS. The van der Waals surface area contributed by atoms with Gasteiger partial charge in [0, 0.05) is 17.6 Å². The number of aryl methyl sites for hydroxylation is 1. The van der Waals surface area contributed by atoms with Crippen LogP contribution in [0.15, 0.2) is 58.9 Å². The minimum atomic E-state index is -0.214. The van der Waals surface area contributed by atoms with Crippen molar-refractivity contribution in [1.29, 1.82) is 0 Å². The first kappa shape index (κ1) is 17.2. The van der Waals surface area contributed by atoms with Crippen molar-refractivity contribution in [2.45, 2.75) is 32.4 Å². The van der Waals surface area contributed by atoms with Crippen molar-refractivity contribution in [2.75, 3.05) is 6.61 Å². The molecule has 26 heavy (non-hydrogen) atoms. The van der Waals surface area contributed by atoms with Gasteiger partial charge in [0.25, 0.3) is 0 Å². The average molecular weight is 368 g/mol. The first-order chi connectivity index (χ1) is 12.7. The SMILES string of the molecule is Cc1cccc(N=c2scc(-c3ccccc3F)n2CC2CCCO2)c1. The third kappa shape index (κ3) is 3.64. The highest BCUT2D eigenvalue weighted by atomic mass is 32.1. The van der Waals surface area contributed by atoms with Crippen LogP contribution in [0.4, 0.5) is 10.1 Å². The molecule has 1 atom stereocenters. The summed E-state index contributed by atoms with van der Waals surface area (Å²) < 4.78 is 22.3. The van der Waals surface area contributed by atoms with E-state index in [1.54, 1.807) is 6.07 Å². The number of hydrogen-bond acceptors (Lipinski definition) is 3. The normalized spacial score (nSPS) is 17.8. The van der Waals surface area contributed by atoms with Crippen LogP contribution in [-0.4, -0.2) is 17.3 Å². The molecular weight excluding hydrogens is 347 g/mol. The number of ether oxygens (including phenoxy) is 1. The third-order valence-electron chi connectivity index (χ3n) is 4.58. The van der Waals surface area contributed by atoms with E-state index in [4.69, 9.17) is 9.73 Å². The topological polar surface area (TPSA) is 26.5 Å². The Morgan fingerprint density at radius 1 is 1.23 bits per heavy atom. The Balaban J connectivity index is 1.82. The highest BCUT2D eigenvalue weighted by Crippen LogP contribution is 2.25. The van der Waals surface area contributed by atoms with E-state index >= 15 is 0 Å². The highest BCUT2D eigenvalue weighted by Gasteiger charge is 2.20. The summed E-state index contributed by atoms with van der Waals surface area (Å²) in [5.41, 5.74) is 3.54. The molecule has 2 aromatic carbocycles. The summed E-state index contributed by atoms with van der Waals surface area (Å²) >= 11 is 1.54. The van der Waals surface area contributed by atoms with Crippen LogP contribution in [0, 0.1) is 12.7 Å². The van der Waals surface area contributed by atoms with E-state index in [9.17, 15) is 4.39 Å². The molecule has 134 valence electrons. The summed E-state index contributed by atoms with van der Waals surface area (Å²) in [7, 11) is 0. The number of benzene rings is 2. The Morgan fingerprint density at radius 3 is 2.88 bits per heavy atom. The zero-order valence-corrected chi connectivity index (χ0v) is 15.5. The van der Waals surface area contributed by atoms with Gasteiger partial charge in [-0.05, 0) is 49.6 Å². The number of hydrogen-bond donors (Lipinski definition) is 0. The summed E-state index contributed by atoms with van der Waals surface area (Å²) in [6.45, 7) is 3.55. The molecule has 1 aliphatic heterocycles. The zero-order valence-electron chi connectivity index (χ0n) is 14.7. The van der Waals surface area contributed by atoms with Gasteiger partial charge in [0.1, 0.15) is 5.82 Å². The lowest BCUT2D eigenvalue weighted by Gasteiger charge is -2.14. The maximum atomic E-state index is 14.4. The standard InChI is InChI=1S/C21H21FN2OS/c1-15-6-4-7-16(12-15)23-21-24(13-17-8-5-11-25-17)20(14-26-21)18-9-2-3-10-19(18)22/h2-4,6-7,9-10,12,14,17H,5,8,11,13H2,1H3. The molecule has 3 nitrogen and oxygen atoms in total. The van der Waals surface area contributed by atoms with Gasteiger partial charge in [-0.2, -0.15) is 0 Å². The van der Waals surface area contributed by atoms with Crippen molar-refractivity contribution in [3.8, 4) is 11.3 Å². The molecule has 2 heterocycles. The van der Waals surface area contributed by atoms with Gasteiger partial charge in [-0.15, -0.1) is 11.3 Å². The molecule has 0 amide bonds. The van der Waals surface area contributed by atoms with Gasteiger partial charge in [-0.3, -0.25) is 0 Å². The van der Waals surface area contributed by atoms with Crippen LogP contribution in [0.2, 0.25) is 0 Å². The monoisotopic (exact) mass is 368 g/mol. The lowest BCUT2D eigenvalue weighted by Crippen LogP contribution is -2.24. The quantitative estimate of drug-likeness (QED) is 0.631. The van der Waals surface area contributed by atoms with Crippen molar-refractivity contribution in [3.05, 3.63) is 70.1 Å². The Kier molecular flexibility index (Phi) is 5.00. The maximum Gasteiger partial charge on any atom is 0.190 e. The molecule has 0 radical (unpaired) electrons. The van der Waals surface area contributed by atoms with Gasteiger partial charge < -0.3 is 9.30 Å². The van der Waals surface area contributed by atoms with Crippen LogP contribution >= 0.6 is 11.3 Å². The van der Waals surface area contributed by atoms with Gasteiger partial charge in [0.15, 0.2) is 4.80 Å². The third-order valence-corrected chi connectivity index (χ3v) is 5.45. The maximum absolute atomic E-state index is 14.4. The average Bonchev–Trinajstić information content (AvgIpc) is 3.27. The Hall–Kier alpha value is -2.24. The van der Waals surface area contributed by atoms with Crippen molar-refractivity contribution >= 4 is 17.0 Å². The summed E-state index contributed by atoms with van der Waals surface area (Å²) in [6.07, 6.45) is 2.27. The van der Waals surface area contributed by atoms with Crippen molar-refractivity contribution in [3.63, 3.8) is 0 Å². The highest BCUT2D eigenvalue weighted by molar-refractivity contribution is 7.07. The van der Waals surface area contributed by atoms with Crippen molar-refractivity contribution in [2.24, 2.45) is 4.99 Å². The first-order valence-corrected chi connectivity index (χ1v) is 9.75. The fourth-order valence-corrected chi connectivity index (χ4v) is 4.21.